The van der Waals surface area contributed by atoms with Crippen LogP contribution in [0.1, 0.15) is 30.6 Å². The lowest BCUT2D eigenvalue weighted by molar-refractivity contribution is 0.299. The van der Waals surface area contributed by atoms with Crippen LogP contribution >= 0.6 is 27.3 Å². The van der Waals surface area contributed by atoms with Crippen molar-refractivity contribution in [1.82, 2.24) is 5.32 Å². The Labute approximate surface area is 91.7 Å². The minimum atomic E-state index is 0.774. The molecule has 1 aromatic heterocycles. The highest BCUT2D eigenvalue weighted by Crippen LogP contribution is 2.41. The standard InChI is InChI=1S/C10H14BrNS/c1-2-12-8-5-7(6-8)9-3-4-10(11)13-9/h3-4,7-8,12H,2,5-6H2,1H3. The zero-order valence-corrected chi connectivity index (χ0v) is 10.1. The molecule has 1 N–H and O–H groups in total. The molecule has 1 aromatic rings. The van der Waals surface area contributed by atoms with Crippen molar-refractivity contribution in [3.8, 4) is 0 Å². The first-order valence-electron chi connectivity index (χ1n) is 4.78. The van der Waals surface area contributed by atoms with E-state index in [1.807, 2.05) is 11.3 Å². The summed E-state index contributed by atoms with van der Waals surface area (Å²) in [7, 11) is 0. The predicted molar refractivity (Wildman–Crippen MR) is 61.5 cm³/mol. The van der Waals surface area contributed by atoms with Crippen LogP contribution in [0.4, 0.5) is 0 Å². The molecule has 2 rings (SSSR count). The molecule has 72 valence electrons. The molecule has 0 unspecified atom stereocenters. The maximum absolute atomic E-state index is 3.50. The Kier molecular flexibility index (Phi) is 3.06. The molecule has 0 bridgehead atoms. The molecular weight excluding hydrogens is 246 g/mol. The normalized spacial score (nSPS) is 27.2. The first-order valence-corrected chi connectivity index (χ1v) is 6.39. The molecule has 0 aliphatic heterocycles. The Bertz CT molecular complexity index is 278. The predicted octanol–water partition coefficient (Wildman–Crippen LogP) is 3.37. The molecule has 0 spiro atoms. The van der Waals surface area contributed by atoms with E-state index in [4.69, 9.17) is 0 Å². The fraction of sp³-hybridized carbons (Fsp3) is 0.600. The topological polar surface area (TPSA) is 12.0 Å². The fourth-order valence-corrected chi connectivity index (χ4v) is 3.40. The second kappa shape index (κ2) is 4.11. The number of hydrogen-bond acceptors (Lipinski definition) is 2. The van der Waals surface area contributed by atoms with E-state index in [-0.39, 0.29) is 0 Å². The van der Waals surface area contributed by atoms with Gasteiger partial charge in [0.15, 0.2) is 0 Å². The first-order chi connectivity index (χ1) is 6.29. The van der Waals surface area contributed by atoms with Crippen LogP contribution in [-0.2, 0) is 0 Å². The third-order valence-corrected chi connectivity index (χ3v) is 4.41. The molecule has 0 amide bonds. The Morgan fingerprint density at radius 1 is 1.54 bits per heavy atom. The van der Waals surface area contributed by atoms with Crippen LogP contribution in [0.15, 0.2) is 15.9 Å². The van der Waals surface area contributed by atoms with Crippen LogP contribution in [0.25, 0.3) is 0 Å². The lowest BCUT2D eigenvalue weighted by atomic mass is 9.79. The van der Waals surface area contributed by atoms with Gasteiger partial charge in [0, 0.05) is 10.9 Å². The van der Waals surface area contributed by atoms with E-state index in [0.29, 0.717) is 0 Å². The zero-order valence-electron chi connectivity index (χ0n) is 7.72. The molecule has 1 saturated carbocycles. The van der Waals surface area contributed by atoms with Crippen molar-refractivity contribution < 1.29 is 0 Å². The van der Waals surface area contributed by atoms with Gasteiger partial charge in [-0.1, -0.05) is 6.92 Å². The van der Waals surface area contributed by atoms with Crippen molar-refractivity contribution in [3.05, 3.63) is 20.8 Å². The third-order valence-electron chi connectivity index (χ3n) is 2.63. The number of thiophene rings is 1. The van der Waals surface area contributed by atoms with Gasteiger partial charge in [0.1, 0.15) is 0 Å². The second-order valence-corrected chi connectivity index (χ2v) is 6.06. The van der Waals surface area contributed by atoms with Crippen molar-refractivity contribution in [2.75, 3.05) is 6.54 Å². The van der Waals surface area contributed by atoms with E-state index in [0.717, 1.165) is 18.5 Å². The molecule has 1 nitrogen and oxygen atoms in total. The molecule has 0 aromatic carbocycles. The van der Waals surface area contributed by atoms with E-state index < -0.39 is 0 Å². The summed E-state index contributed by atoms with van der Waals surface area (Å²) in [5.41, 5.74) is 0. The van der Waals surface area contributed by atoms with Crippen molar-refractivity contribution in [2.45, 2.75) is 31.7 Å². The maximum atomic E-state index is 3.50. The van der Waals surface area contributed by atoms with Crippen LogP contribution < -0.4 is 5.32 Å². The number of hydrogen-bond donors (Lipinski definition) is 1. The highest BCUT2D eigenvalue weighted by molar-refractivity contribution is 9.11. The first kappa shape index (κ1) is 9.69. The highest BCUT2D eigenvalue weighted by atomic mass is 79.9. The molecule has 0 atom stereocenters. The maximum Gasteiger partial charge on any atom is 0.0701 e. The van der Waals surface area contributed by atoms with E-state index in [2.05, 4.69) is 40.3 Å². The summed E-state index contributed by atoms with van der Waals surface area (Å²) in [6.07, 6.45) is 2.64. The summed E-state index contributed by atoms with van der Waals surface area (Å²) in [6, 6.07) is 5.18. The van der Waals surface area contributed by atoms with E-state index in [9.17, 15) is 0 Å². The van der Waals surface area contributed by atoms with Crippen LogP contribution in [-0.4, -0.2) is 12.6 Å². The lowest BCUT2D eigenvalue weighted by Crippen LogP contribution is -2.39. The van der Waals surface area contributed by atoms with Crippen molar-refractivity contribution in [3.63, 3.8) is 0 Å². The summed E-state index contributed by atoms with van der Waals surface area (Å²) in [5, 5.41) is 3.48. The summed E-state index contributed by atoms with van der Waals surface area (Å²) in [5.74, 6) is 0.820. The molecule has 1 aliphatic rings. The molecular formula is C10H14BrNS. The van der Waals surface area contributed by atoms with Gasteiger partial charge >= 0.3 is 0 Å². The van der Waals surface area contributed by atoms with E-state index >= 15 is 0 Å². The van der Waals surface area contributed by atoms with Gasteiger partial charge in [-0.2, -0.15) is 0 Å². The zero-order chi connectivity index (χ0) is 9.26. The van der Waals surface area contributed by atoms with Gasteiger partial charge in [-0.15, -0.1) is 11.3 Å². The quantitative estimate of drug-likeness (QED) is 0.878. The van der Waals surface area contributed by atoms with Gasteiger partial charge in [0.25, 0.3) is 0 Å². The third kappa shape index (κ3) is 2.14. The summed E-state index contributed by atoms with van der Waals surface area (Å²) in [4.78, 5) is 1.54. The molecule has 0 saturated heterocycles. The Morgan fingerprint density at radius 2 is 2.31 bits per heavy atom. The van der Waals surface area contributed by atoms with E-state index in [1.165, 1.54) is 16.6 Å². The summed E-state index contributed by atoms with van der Waals surface area (Å²) < 4.78 is 1.26. The minimum absolute atomic E-state index is 0.774. The highest BCUT2D eigenvalue weighted by Gasteiger charge is 2.30. The fourth-order valence-electron chi connectivity index (χ4n) is 1.85. The SMILES string of the molecule is CCNC1CC(c2ccc(Br)s2)C1. The van der Waals surface area contributed by atoms with Gasteiger partial charge < -0.3 is 5.32 Å². The number of halogens is 1. The second-order valence-electron chi connectivity index (χ2n) is 3.56. The molecule has 1 aliphatic carbocycles. The van der Waals surface area contributed by atoms with Crippen LogP contribution in [0.5, 0.6) is 0 Å². The van der Waals surface area contributed by atoms with Crippen molar-refractivity contribution >= 4 is 27.3 Å². The number of rotatable bonds is 3. The van der Waals surface area contributed by atoms with Gasteiger partial charge in [0.2, 0.25) is 0 Å². The molecule has 13 heavy (non-hydrogen) atoms. The monoisotopic (exact) mass is 259 g/mol. The van der Waals surface area contributed by atoms with Gasteiger partial charge in [-0.05, 0) is 53.4 Å². The largest absolute Gasteiger partial charge is 0.314 e. The average Bonchev–Trinajstić information content (AvgIpc) is 2.43. The number of nitrogens with one attached hydrogen (secondary N) is 1. The summed E-state index contributed by atoms with van der Waals surface area (Å²) in [6.45, 7) is 3.28. The molecule has 3 heteroatoms. The van der Waals surface area contributed by atoms with Crippen molar-refractivity contribution in [1.29, 1.82) is 0 Å². The summed E-state index contributed by atoms with van der Waals surface area (Å²) >= 11 is 5.38. The average molecular weight is 260 g/mol. The Balaban J connectivity index is 1.86. The molecule has 0 radical (unpaired) electrons. The Morgan fingerprint density at radius 3 is 2.85 bits per heavy atom. The smallest absolute Gasteiger partial charge is 0.0701 e. The van der Waals surface area contributed by atoms with Crippen LogP contribution in [0, 0.1) is 0 Å². The van der Waals surface area contributed by atoms with Crippen LogP contribution in [0.2, 0.25) is 0 Å². The lowest BCUT2D eigenvalue weighted by Gasteiger charge is -2.35. The van der Waals surface area contributed by atoms with Gasteiger partial charge in [-0.25, -0.2) is 0 Å². The van der Waals surface area contributed by atoms with Gasteiger partial charge in [-0.3, -0.25) is 0 Å². The Hall–Kier alpha value is 0.140. The molecule has 1 fully saturated rings. The van der Waals surface area contributed by atoms with Gasteiger partial charge in [0.05, 0.1) is 3.79 Å². The van der Waals surface area contributed by atoms with Crippen molar-refractivity contribution in [2.24, 2.45) is 0 Å². The molecule has 1 heterocycles. The minimum Gasteiger partial charge on any atom is -0.314 e. The van der Waals surface area contributed by atoms with E-state index in [1.54, 1.807) is 4.88 Å². The van der Waals surface area contributed by atoms with Crippen LogP contribution in [0.3, 0.4) is 0 Å².